The molecule has 0 saturated heterocycles. The van der Waals surface area contributed by atoms with Gasteiger partial charge in [-0.3, -0.25) is 9.97 Å². The van der Waals surface area contributed by atoms with E-state index in [0.29, 0.717) is 0 Å². The second kappa shape index (κ2) is 6.09. The maximum atomic E-state index is 4.95. The summed E-state index contributed by atoms with van der Waals surface area (Å²) < 4.78 is 1.84. The molecule has 0 spiro atoms. The van der Waals surface area contributed by atoms with Crippen molar-refractivity contribution < 1.29 is 0 Å². The van der Waals surface area contributed by atoms with E-state index in [1.54, 1.807) is 6.20 Å². The molecular formula is C21H22N6. The molecule has 6 nitrogen and oxygen atoms in total. The Labute approximate surface area is 157 Å². The van der Waals surface area contributed by atoms with Gasteiger partial charge in [0.1, 0.15) is 0 Å². The highest BCUT2D eigenvalue weighted by molar-refractivity contribution is 5.90. The zero-order valence-electron chi connectivity index (χ0n) is 15.6. The van der Waals surface area contributed by atoms with E-state index in [9.17, 15) is 0 Å². The number of fused-ring (bicyclic) bond motifs is 4. The summed E-state index contributed by atoms with van der Waals surface area (Å²) in [6.45, 7) is 5.41. The molecule has 0 radical (unpaired) electrons. The zero-order valence-corrected chi connectivity index (χ0v) is 15.6. The second-order valence-corrected chi connectivity index (χ2v) is 7.66. The standard InChI is InChI=1S/C21H22N6/c1-21(2)19-14(9-12-23-21)5-6-15(24-19)7-8-18-25-20-16-4-3-11-22-17(16)10-13-27(20)26-18/h3-6,10-11,13,23H,7-9,12H2,1-2H3. The van der Waals surface area contributed by atoms with Crippen LogP contribution in [0.3, 0.4) is 0 Å². The number of aromatic nitrogens is 5. The van der Waals surface area contributed by atoms with Crippen LogP contribution >= 0.6 is 0 Å². The molecule has 5 heterocycles. The number of hydrogen-bond acceptors (Lipinski definition) is 5. The monoisotopic (exact) mass is 358 g/mol. The smallest absolute Gasteiger partial charge is 0.164 e. The maximum Gasteiger partial charge on any atom is 0.164 e. The molecule has 6 heteroatoms. The lowest BCUT2D eigenvalue weighted by atomic mass is 9.89. The van der Waals surface area contributed by atoms with Gasteiger partial charge < -0.3 is 5.32 Å². The third-order valence-corrected chi connectivity index (χ3v) is 5.32. The highest BCUT2D eigenvalue weighted by Gasteiger charge is 2.28. The Kier molecular flexibility index (Phi) is 3.68. The van der Waals surface area contributed by atoms with E-state index in [1.807, 2.05) is 28.9 Å². The van der Waals surface area contributed by atoms with Crippen molar-refractivity contribution in [3.63, 3.8) is 0 Å². The summed E-state index contributed by atoms with van der Waals surface area (Å²) in [4.78, 5) is 14.1. The molecule has 1 aliphatic heterocycles. The molecule has 0 atom stereocenters. The van der Waals surface area contributed by atoms with Crippen molar-refractivity contribution in [2.24, 2.45) is 0 Å². The average Bonchev–Trinajstić information content (AvgIpc) is 3.10. The lowest BCUT2D eigenvalue weighted by Gasteiger charge is -2.33. The van der Waals surface area contributed by atoms with Crippen LogP contribution in [0, 0.1) is 0 Å². The Morgan fingerprint density at radius 3 is 2.96 bits per heavy atom. The number of nitrogens with one attached hydrogen (secondary N) is 1. The molecule has 0 aliphatic carbocycles. The molecule has 4 aromatic rings. The largest absolute Gasteiger partial charge is 0.306 e. The number of aryl methyl sites for hydroxylation is 2. The number of hydrogen-bond donors (Lipinski definition) is 1. The first-order chi connectivity index (χ1) is 13.1. The van der Waals surface area contributed by atoms with Gasteiger partial charge in [-0.1, -0.05) is 6.07 Å². The van der Waals surface area contributed by atoms with E-state index in [4.69, 9.17) is 9.97 Å². The van der Waals surface area contributed by atoms with Crippen LogP contribution < -0.4 is 5.32 Å². The van der Waals surface area contributed by atoms with Crippen LogP contribution in [-0.2, 0) is 24.8 Å². The average molecular weight is 358 g/mol. The van der Waals surface area contributed by atoms with E-state index in [2.05, 4.69) is 41.4 Å². The predicted molar refractivity (Wildman–Crippen MR) is 105 cm³/mol. The Hall–Kier alpha value is -2.86. The molecule has 136 valence electrons. The van der Waals surface area contributed by atoms with Gasteiger partial charge in [-0.2, -0.15) is 5.10 Å². The molecule has 5 rings (SSSR count). The van der Waals surface area contributed by atoms with Gasteiger partial charge >= 0.3 is 0 Å². The summed E-state index contributed by atoms with van der Waals surface area (Å²) in [5, 5.41) is 9.21. The highest BCUT2D eigenvalue weighted by atomic mass is 15.3. The summed E-state index contributed by atoms with van der Waals surface area (Å²) in [6, 6.07) is 10.3. The van der Waals surface area contributed by atoms with Gasteiger partial charge in [0, 0.05) is 36.4 Å². The lowest BCUT2D eigenvalue weighted by Crippen LogP contribution is -2.43. The van der Waals surface area contributed by atoms with Gasteiger partial charge in [0.25, 0.3) is 0 Å². The van der Waals surface area contributed by atoms with Crippen LogP contribution in [0.1, 0.15) is 36.6 Å². The SMILES string of the molecule is CC1(C)NCCc2ccc(CCc3nc4c5cccnc5ccn4n3)nc21. The van der Waals surface area contributed by atoms with Gasteiger partial charge in [-0.25, -0.2) is 9.50 Å². The number of rotatable bonds is 3. The minimum atomic E-state index is -0.0726. The van der Waals surface area contributed by atoms with Crippen LogP contribution in [0.15, 0.2) is 42.7 Å². The van der Waals surface area contributed by atoms with Crippen molar-refractivity contribution in [3.8, 4) is 0 Å². The first kappa shape index (κ1) is 16.3. The Morgan fingerprint density at radius 2 is 2.04 bits per heavy atom. The zero-order chi connectivity index (χ0) is 18.4. The van der Waals surface area contributed by atoms with Crippen molar-refractivity contribution in [3.05, 3.63) is 65.5 Å². The van der Waals surface area contributed by atoms with Crippen LogP contribution in [0.25, 0.3) is 16.6 Å². The predicted octanol–water partition coefficient (Wildman–Crippen LogP) is 2.84. The van der Waals surface area contributed by atoms with Crippen molar-refractivity contribution in [1.29, 1.82) is 0 Å². The van der Waals surface area contributed by atoms with E-state index < -0.39 is 0 Å². The molecule has 1 aliphatic rings. The van der Waals surface area contributed by atoms with Gasteiger partial charge in [-0.05, 0) is 56.5 Å². The summed E-state index contributed by atoms with van der Waals surface area (Å²) in [5.41, 5.74) is 5.35. The molecule has 0 fully saturated rings. The summed E-state index contributed by atoms with van der Waals surface area (Å²) in [5.74, 6) is 0.836. The molecule has 4 aromatic heterocycles. The summed E-state index contributed by atoms with van der Waals surface area (Å²) >= 11 is 0. The molecule has 27 heavy (non-hydrogen) atoms. The Morgan fingerprint density at radius 1 is 1.11 bits per heavy atom. The summed E-state index contributed by atoms with van der Waals surface area (Å²) in [6.07, 6.45) is 6.36. The third kappa shape index (κ3) is 2.86. The molecular weight excluding hydrogens is 336 g/mol. The van der Waals surface area contributed by atoms with Crippen molar-refractivity contribution in [2.75, 3.05) is 6.54 Å². The minimum Gasteiger partial charge on any atom is -0.306 e. The first-order valence-corrected chi connectivity index (χ1v) is 9.43. The second-order valence-electron chi connectivity index (χ2n) is 7.66. The van der Waals surface area contributed by atoms with Gasteiger partial charge in [0.2, 0.25) is 0 Å². The third-order valence-electron chi connectivity index (χ3n) is 5.32. The molecule has 0 amide bonds. The van der Waals surface area contributed by atoms with Crippen molar-refractivity contribution in [1.82, 2.24) is 29.9 Å². The maximum absolute atomic E-state index is 4.95. The fourth-order valence-corrected chi connectivity index (χ4v) is 3.89. The topological polar surface area (TPSA) is 68.0 Å². The Balaban J connectivity index is 1.43. The fraction of sp³-hybridized carbons (Fsp3) is 0.333. The summed E-state index contributed by atoms with van der Waals surface area (Å²) in [7, 11) is 0. The highest BCUT2D eigenvalue weighted by Crippen LogP contribution is 2.26. The van der Waals surface area contributed by atoms with Gasteiger partial charge in [0.15, 0.2) is 11.5 Å². The van der Waals surface area contributed by atoms with Crippen LogP contribution in [0.2, 0.25) is 0 Å². The van der Waals surface area contributed by atoms with Crippen LogP contribution in [0.4, 0.5) is 0 Å². The normalized spacial score (nSPS) is 15.9. The molecule has 0 bridgehead atoms. The Bertz CT molecular complexity index is 1140. The van der Waals surface area contributed by atoms with Crippen molar-refractivity contribution >= 4 is 16.6 Å². The van der Waals surface area contributed by atoms with E-state index in [-0.39, 0.29) is 5.54 Å². The van der Waals surface area contributed by atoms with Crippen molar-refractivity contribution in [2.45, 2.75) is 38.6 Å². The quantitative estimate of drug-likeness (QED) is 0.610. The minimum absolute atomic E-state index is 0.0726. The fourth-order valence-electron chi connectivity index (χ4n) is 3.89. The van der Waals surface area contributed by atoms with Gasteiger partial charge in [-0.15, -0.1) is 0 Å². The number of pyridine rings is 3. The van der Waals surface area contributed by atoms with Crippen LogP contribution in [-0.4, -0.2) is 31.1 Å². The van der Waals surface area contributed by atoms with Crippen LogP contribution in [0.5, 0.6) is 0 Å². The molecule has 0 saturated carbocycles. The number of nitrogens with zero attached hydrogens (tertiary/aromatic N) is 5. The van der Waals surface area contributed by atoms with E-state index in [0.717, 1.165) is 53.9 Å². The molecule has 0 aromatic carbocycles. The van der Waals surface area contributed by atoms with E-state index >= 15 is 0 Å². The first-order valence-electron chi connectivity index (χ1n) is 9.43. The van der Waals surface area contributed by atoms with Gasteiger partial charge in [0.05, 0.1) is 16.7 Å². The van der Waals surface area contributed by atoms with E-state index in [1.165, 1.54) is 11.3 Å². The lowest BCUT2D eigenvalue weighted by molar-refractivity contribution is 0.369. The molecule has 0 unspecified atom stereocenters. The molecule has 1 N–H and O–H groups in total.